The van der Waals surface area contributed by atoms with E-state index in [0.29, 0.717) is 33.1 Å². The summed E-state index contributed by atoms with van der Waals surface area (Å²) in [5, 5.41) is 10.9. The Hall–Kier alpha value is -4.18. The SMILES string of the molecule is O=C(c1cc(-c2ccccc2)c2oc3ccccc3c(=O)c2c1)c1ccccc1O. The number of benzene rings is 4. The maximum Gasteiger partial charge on any atom is 0.200 e. The van der Waals surface area contributed by atoms with Crippen LogP contribution in [0.1, 0.15) is 15.9 Å². The smallest absolute Gasteiger partial charge is 0.200 e. The van der Waals surface area contributed by atoms with Crippen LogP contribution >= 0.6 is 0 Å². The number of phenols is 1. The number of para-hydroxylation sites is 2. The molecular weight excluding hydrogens is 376 g/mol. The molecule has 5 rings (SSSR count). The molecule has 0 saturated heterocycles. The number of ketones is 1. The van der Waals surface area contributed by atoms with E-state index in [9.17, 15) is 14.7 Å². The van der Waals surface area contributed by atoms with E-state index >= 15 is 0 Å². The van der Waals surface area contributed by atoms with Crippen LogP contribution < -0.4 is 5.43 Å². The number of aromatic hydroxyl groups is 1. The zero-order chi connectivity index (χ0) is 20.7. The van der Waals surface area contributed by atoms with Crippen molar-refractivity contribution < 1.29 is 14.3 Å². The van der Waals surface area contributed by atoms with Gasteiger partial charge < -0.3 is 9.52 Å². The van der Waals surface area contributed by atoms with Crippen molar-refractivity contribution in [1.29, 1.82) is 0 Å². The van der Waals surface area contributed by atoms with E-state index in [-0.39, 0.29) is 22.5 Å². The summed E-state index contributed by atoms with van der Waals surface area (Å²) in [7, 11) is 0. The van der Waals surface area contributed by atoms with Gasteiger partial charge in [0.15, 0.2) is 5.78 Å². The molecule has 0 spiro atoms. The van der Waals surface area contributed by atoms with Gasteiger partial charge in [0.25, 0.3) is 0 Å². The van der Waals surface area contributed by atoms with Crippen molar-refractivity contribution in [2.45, 2.75) is 0 Å². The van der Waals surface area contributed by atoms with Gasteiger partial charge in [-0.3, -0.25) is 9.59 Å². The van der Waals surface area contributed by atoms with Gasteiger partial charge in [0.1, 0.15) is 16.9 Å². The van der Waals surface area contributed by atoms with Crippen LogP contribution in [0.4, 0.5) is 0 Å². The average molecular weight is 392 g/mol. The first kappa shape index (κ1) is 17.9. The van der Waals surface area contributed by atoms with Crippen molar-refractivity contribution in [3.63, 3.8) is 0 Å². The fraction of sp³-hybridized carbons (Fsp3) is 0. The van der Waals surface area contributed by atoms with Crippen molar-refractivity contribution in [1.82, 2.24) is 0 Å². The third-order valence-electron chi connectivity index (χ3n) is 5.17. The second-order valence-electron chi connectivity index (χ2n) is 7.04. The standard InChI is InChI=1S/C26H16O4/c27-22-12-6-4-10-18(22)24(28)17-14-20(16-8-2-1-3-9-16)26-21(15-17)25(29)19-11-5-7-13-23(19)30-26/h1-15,27H. The molecular formula is C26H16O4. The summed E-state index contributed by atoms with van der Waals surface area (Å²) in [5.74, 6) is -0.464. The van der Waals surface area contributed by atoms with E-state index in [1.165, 1.54) is 6.07 Å². The normalized spacial score (nSPS) is 11.1. The molecule has 1 N–H and O–H groups in total. The molecule has 0 unspecified atom stereocenters. The summed E-state index contributed by atoms with van der Waals surface area (Å²) in [6.07, 6.45) is 0. The highest BCUT2D eigenvalue weighted by Crippen LogP contribution is 2.32. The molecule has 0 amide bonds. The van der Waals surface area contributed by atoms with E-state index in [0.717, 1.165) is 5.56 Å². The first-order valence-electron chi connectivity index (χ1n) is 9.51. The first-order valence-corrected chi connectivity index (χ1v) is 9.51. The van der Waals surface area contributed by atoms with Gasteiger partial charge in [0, 0.05) is 11.1 Å². The van der Waals surface area contributed by atoms with Crippen molar-refractivity contribution >= 4 is 27.7 Å². The van der Waals surface area contributed by atoms with E-state index in [1.807, 2.05) is 36.4 Å². The van der Waals surface area contributed by atoms with E-state index in [4.69, 9.17) is 4.42 Å². The lowest BCUT2D eigenvalue weighted by Crippen LogP contribution is -2.07. The quantitative estimate of drug-likeness (QED) is 0.323. The number of carbonyl (C=O) groups excluding carboxylic acids is 1. The van der Waals surface area contributed by atoms with Crippen molar-refractivity contribution in [3.05, 3.63) is 112 Å². The molecule has 0 radical (unpaired) electrons. The van der Waals surface area contributed by atoms with Gasteiger partial charge >= 0.3 is 0 Å². The number of carbonyl (C=O) groups is 1. The molecule has 0 aliphatic heterocycles. The number of rotatable bonds is 3. The predicted octanol–water partition coefficient (Wildman–Crippen LogP) is 5.55. The van der Waals surface area contributed by atoms with Gasteiger partial charge in [0.2, 0.25) is 5.43 Å². The molecule has 0 bridgehead atoms. The lowest BCUT2D eigenvalue weighted by atomic mass is 9.94. The molecule has 30 heavy (non-hydrogen) atoms. The lowest BCUT2D eigenvalue weighted by Gasteiger charge is -2.11. The van der Waals surface area contributed by atoms with Crippen LogP contribution in [0.5, 0.6) is 5.75 Å². The highest BCUT2D eigenvalue weighted by Gasteiger charge is 2.19. The summed E-state index contributed by atoms with van der Waals surface area (Å²) < 4.78 is 6.12. The summed E-state index contributed by atoms with van der Waals surface area (Å²) >= 11 is 0. The predicted molar refractivity (Wildman–Crippen MR) is 117 cm³/mol. The fourth-order valence-corrected chi connectivity index (χ4v) is 3.69. The Morgan fingerprint density at radius 2 is 1.47 bits per heavy atom. The van der Waals surface area contributed by atoms with Gasteiger partial charge in [0.05, 0.1) is 16.3 Å². The first-order chi connectivity index (χ1) is 14.6. The summed E-state index contributed by atoms with van der Waals surface area (Å²) in [4.78, 5) is 26.4. The Bertz CT molecular complexity index is 1480. The van der Waals surface area contributed by atoms with Crippen LogP contribution in [0.25, 0.3) is 33.1 Å². The lowest BCUT2D eigenvalue weighted by molar-refractivity contribution is 0.103. The second kappa shape index (κ2) is 7.01. The van der Waals surface area contributed by atoms with E-state index in [1.54, 1.807) is 48.5 Å². The number of hydrogen-bond donors (Lipinski definition) is 1. The highest BCUT2D eigenvalue weighted by molar-refractivity contribution is 6.14. The largest absolute Gasteiger partial charge is 0.507 e. The van der Waals surface area contributed by atoms with Gasteiger partial charge in [-0.1, -0.05) is 54.6 Å². The molecule has 0 fully saturated rings. The molecule has 0 aliphatic carbocycles. The van der Waals surface area contributed by atoms with Crippen molar-refractivity contribution in [2.24, 2.45) is 0 Å². The van der Waals surface area contributed by atoms with Gasteiger partial charge in [-0.05, 0) is 42.0 Å². The molecule has 144 valence electrons. The van der Waals surface area contributed by atoms with Crippen LogP contribution in [-0.2, 0) is 0 Å². The van der Waals surface area contributed by atoms with Crippen LogP contribution in [0.2, 0.25) is 0 Å². The summed E-state index contributed by atoms with van der Waals surface area (Å²) in [5.41, 5.74) is 2.69. The molecule has 4 aromatic carbocycles. The highest BCUT2D eigenvalue weighted by atomic mass is 16.3. The molecule has 5 aromatic rings. The number of hydrogen-bond acceptors (Lipinski definition) is 4. The van der Waals surface area contributed by atoms with E-state index in [2.05, 4.69) is 0 Å². The minimum absolute atomic E-state index is 0.102. The molecule has 0 aliphatic rings. The summed E-state index contributed by atoms with van der Waals surface area (Å²) in [6.45, 7) is 0. The zero-order valence-electron chi connectivity index (χ0n) is 15.8. The Balaban J connectivity index is 1.87. The van der Waals surface area contributed by atoms with Gasteiger partial charge in [-0.25, -0.2) is 0 Å². The molecule has 1 aromatic heterocycles. The fourth-order valence-electron chi connectivity index (χ4n) is 3.69. The van der Waals surface area contributed by atoms with Crippen LogP contribution in [0.3, 0.4) is 0 Å². The maximum atomic E-state index is 13.2. The Morgan fingerprint density at radius 1 is 0.767 bits per heavy atom. The zero-order valence-corrected chi connectivity index (χ0v) is 15.8. The van der Waals surface area contributed by atoms with Crippen LogP contribution in [0.15, 0.2) is 100 Å². The molecule has 4 nitrogen and oxygen atoms in total. The maximum absolute atomic E-state index is 13.2. The Morgan fingerprint density at radius 3 is 2.27 bits per heavy atom. The second-order valence-corrected chi connectivity index (χ2v) is 7.04. The molecule has 1 heterocycles. The van der Waals surface area contributed by atoms with Gasteiger partial charge in [-0.2, -0.15) is 0 Å². The van der Waals surface area contributed by atoms with Crippen LogP contribution in [-0.4, -0.2) is 10.9 Å². The average Bonchev–Trinajstić information content (AvgIpc) is 2.79. The van der Waals surface area contributed by atoms with Gasteiger partial charge in [-0.15, -0.1) is 0 Å². The van der Waals surface area contributed by atoms with Crippen molar-refractivity contribution in [3.8, 4) is 16.9 Å². The topological polar surface area (TPSA) is 67.5 Å². The third kappa shape index (κ3) is 2.86. The van der Waals surface area contributed by atoms with E-state index < -0.39 is 0 Å². The van der Waals surface area contributed by atoms with Crippen molar-refractivity contribution in [2.75, 3.05) is 0 Å². The molecule has 4 heteroatoms. The summed E-state index contributed by atoms with van der Waals surface area (Å²) in [6, 6.07) is 26.2. The monoisotopic (exact) mass is 392 g/mol. The Kier molecular flexibility index (Phi) is 4.18. The minimum atomic E-state index is -0.361. The number of fused-ring (bicyclic) bond motifs is 2. The number of phenolic OH excluding ortho intramolecular Hbond substituents is 1. The Labute approximate surface area is 171 Å². The minimum Gasteiger partial charge on any atom is -0.507 e. The molecule has 0 saturated carbocycles. The van der Waals surface area contributed by atoms with Crippen LogP contribution in [0, 0.1) is 0 Å². The molecule has 0 atom stereocenters. The third-order valence-corrected chi connectivity index (χ3v) is 5.17.